The van der Waals surface area contributed by atoms with Crippen LogP contribution in [0.3, 0.4) is 0 Å². The molecular formula is C41H34F6N20O9S2. The highest BCUT2D eigenvalue weighted by molar-refractivity contribution is 7.13. The minimum Gasteiger partial charge on any atom is -0.468 e. The molecule has 0 saturated heterocycles. The van der Waals surface area contributed by atoms with Crippen LogP contribution in [0.2, 0.25) is 0 Å². The average molecular weight is 1130 g/mol. The number of carbonyl (C=O) groups excluding carboxylic acids is 2. The lowest BCUT2D eigenvalue weighted by Gasteiger charge is -2.08. The summed E-state index contributed by atoms with van der Waals surface area (Å²) in [5.74, 6) is -2.18. The van der Waals surface area contributed by atoms with Crippen molar-refractivity contribution in [1.82, 2.24) is 87.6 Å². The van der Waals surface area contributed by atoms with Crippen LogP contribution in [0, 0.1) is 13.8 Å². The van der Waals surface area contributed by atoms with Gasteiger partial charge in [-0.1, -0.05) is 10.3 Å². The predicted octanol–water partition coefficient (Wildman–Crippen LogP) is 2.22. The van der Waals surface area contributed by atoms with E-state index in [4.69, 9.17) is 14.8 Å². The van der Waals surface area contributed by atoms with Crippen LogP contribution in [-0.2, 0) is 67.0 Å². The van der Waals surface area contributed by atoms with E-state index >= 15 is 0 Å². The summed E-state index contributed by atoms with van der Waals surface area (Å²) in [6.07, 6.45) is -2.50. The fourth-order valence-corrected chi connectivity index (χ4v) is 8.25. The smallest absolute Gasteiger partial charge is 0.451 e. The van der Waals surface area contributed by atoms with Crippen LogP contribution >= 0.6 is 22.7 Å². The quantitative estimate of drug-likeness (QED) is 0.138. The highest BCUT2D eigenvalue weighted by Gasteiger charge is 2.35. The van der Waals surface area contributed by atoms with E-state index in [1.54, 1.807) is 19.2 Å². The SMILES string of the molecule is COC(=O)Cn1cnc2c1c(=O)n(Cc1nc(C)no1)c(=O)n2C.Cc1noc(Cn2c(=O)c3c(ncn3CC(=O)Nc3csc(-c4cnc(C(F)(F)F)nc4)n3)n(C)c2=O)n1.Nc1csc(-c2cnc(C(F)(F)F)nc2)n1. The van der Waals surface area contributed by atoms with E-state index in [1.807, 2.05) is 0 Å². The van der Waals surface area contributed by atoms with Crippen LogP contribution in [0.15, 0.2) is 76.4 Å². The van der Waals surface area contributed by atoms with Gasteiger partial charge in [-0.05, 0) is 13.8 Å². The number of nitrogens with two attached hydrogens (primary N) is 1. The molecule has 0 aliphatic heterocycles. The zero-order valence-electron chi connectivity index (χ0n) is 40.3. The molecule has 0 radical (unpaired) electrons. The van der Waals surface area contributed by atoms with E-state index < -0.39 is 58.4 Å². The topological polar surface area (TPSA) is 360 Å². The Kier molecular flexibility index (Phi) is 15.3. The monoisotopic (exact) mass is 1130 g/mol. The molecule has 37 heteroatoms. The first-order valence-electron chi connectivity index (χ1n) is 21.6. The van der Waals surface area contributed by atoms with Crippen LogP contribution in [0.25, 0.3) is 43.5 Å². The normalized spacial score (nSPS) is 11.6. The zero-order valence-corrected chi connectivity index (χ0v) is 42.0. The van der Waals surface area contributed by atoms with Gasteiger partial charge in [-0.15, -0.1) is 22.7 Å². The minimum atomic E-state index is -4.67. The first-order chi connectivity index (χ1) is 36.9. The van der Waals surface area contributed by atoms with Crippen LogP contribution in [0.1, 0.15) is 35.1 Å². The van der Waals surface area contributed by atoms with Crippen LogP contribution in [0.4, 0.5) is 38.0 Å². The number of methoxy groups -OCH3 is 1. The van der Waals surface area contributed by atoms with Gasteiger partial charge in [0, 0.05) is 60.8 Å². The lowest BCUT2D eigenvalue weighted by atomic mass is 10.3. The molecule has 1 amide bonds. The number of alkyl halides is 6. The number of aromatic nitrogens is 18. The van der Waals surface area contributed by atoms with Crippen LogP contribution in [0.5, 0.6) is 0 Å². The average Bonchev–Trinajstić information content (AvgIpc) is 4.39. The second kappa shape index (κ2) is 21.9. The molecule has 0 aromatic carbocycles. The molecule has 0 aliphatic carbocycles. The maximum absolute atomic E-state index is 13.2. The Labute approximate surface area is 435 Å². The van der Waals surface area contributed by atoms with Gasteiger partial charge in [0.1, 0.15) is 47.8 Å². The third kappa shape index (κ3) is 11.9. The number of nitrogens with zero attached hydrogens (tertiary/aromatic N) is 18. The molecule has 10 rings (SSSR count). The molecule has 78 heavy (non-hydrogen) atoms. The second-order valence-electron chi connectivity index (χ2n) is 15.9. The van der Waals surface area contributed by atoms with Crippen molar-refractivity contribution in [3.63, 3.8) is 0 Å². The first kappa shape index (κ1) is 54.6. The Morgan fingerprint density at radius 1 is 0.654 bits per heavy atom. The largest absolute Gasteiger partial charge is 0.468 e. The fraction of sp³-hybridized carbons (Fsp3) is 0.268. The third-order valence-electron chi connectivity index (χ3n) is 10.4. The number of hydrogen-bond donors (Lipinski definition) is 2. The van der Waals surface area contributed by atoms with E-state index in [0.29, 0.717) is 28.0 Å². The van der Waals surface area contributed by atoms with E-state index in [2.05, 4.69) is 70.2 Å². The number of nitrogen functional groups attached to an aromatic ring is 1. The van der Waals surface area contributed by atoms with Crippen molar-refractivity contribution >= 4 is 68.5 Å². The van der Waals surface area contributed by atoms with Crippen molar-refractivity contribution in [2.75, 3.05) is 18.2 Å². The standard InChI is InChI=1S/C20H15F3N10O4S.C13H14N6O5.C8H5F3N4S/c1-9-27-13(37-30-9)6-33-17(35)14-15(31(2)19(33)36)26-8-32(14)5-12(34)28-11-7-38-16(29-11)10-3-24-18(25-4-10)20(21,22)23;1-7-15-8(24-16-7)4-19-12(21)10-11(17(2)13(19)22)14-6-18(10)5-9(20)23-3;9-8(10,11)7-13-1-4(2-14-7)6-15-5(12)3-16-6/h3-4,7-8H,5-6H2,1-2H3,(H,28,34);6H,4-5H2,1-3H3;1-3H,12H2. The summed E-state index contributed by atoms with van der Waals surface area (Å²) in [6, 6.07) is 0. The zero-order chi connectivity index (χ0) is 56.4. The van der Waals surface area contributed by atoms with Gasteiger partial charge in [-0.3, -0.25) is 28.3 Å². The number of halogens is 6. The third-order valence-corrected chi connectivity index (χ3v) is 12.2. The van der Waals surface area contributed by atoms with E-state index in [0.717, 1.165) is 49.8 Å². The van der Waals surface area contributed by atoms with Gasteiger partial charge in [-0.25, -0.2) is 58.6 Å². The van der Waals surface area contributed by atoms with Crippen molar-refractivity contribution in [2.24, 2.45) is 14.1 Å². The number of ether oxygens (including phenoxy) is 1. The van der Waals surface area contributed by atoms with Crippen molar-refractivity contribution < 1.29 is 49.7 Å². The van der Waals surface area contributed by atoms with Crippen molar-refractivity contribution in [1.29, 1.82) is 0 Å². The molecule has 10 aromatic rings. The number of esters is 1. The Bertz CT molecular complexity index is 4090. The first-order valence-corrected chi connectivity index (χ1v) is 23.4. The van der Waals surface area contributed by atoms with Crippen LogP contribution < -0.4 is 33.5 Å². The van der Waals surface area contributed by atoms with Gasteiger partial charge in [0.25, 0.3) is 11.1 Å². The van der Waals surface area contributed by atoms with Gasteiger partial charge in [-0.2, -0.15) is 36.3 Å². The Balaban J connectivity index is 0.000000171. The maximum Gasteiger partial charge on any atom is 0.451 e. The molecule has 0 bridgehead atoms. The number of carbonyl (C=O) groups is 2. The number of imidazole rings is 2. The molecular weight excluding hydrogens is 1090 g/mol. The molecule has 0 saturated carbocycles. The molecule has 406 valence electrons. The van der Waals surface area contributed by atoms with Gasteiger partial charge < -0.3 is 34.0 Å². The number of thiazole rings is 2. The summed E-state index contributed by atoms with van der Waals surface area (Å²) < 4.78 is 95.9. The van der Waals surface area contributed by atoms with E-state index in [-0.39, 0.29) is 76.7 Å². The summed E-state index contributed by atoms with van der Waals surface area (Å²) in [4.78, 5) is 112. The summed E-state index contributed by atoms with van der Waals surface area (Å²) >= 11 is 2.28. The highest BCUT2D eigenvalue weighted by Crippen LogP contribution is 2.30. The van der Waals surface area contributed by atoms with E-state index in [1.165, 1.54) is 64.3 Å². The summed E-state index contributed by atoms with van der Waals surface area (Å²) in [5.41, 5.74) is 3.85. The molecule has 0 atom stereocenters. The number of nitrogens with one attached hydrogen (secondary N) is 1. The maximum atomic E-state index is 13.2. The van der Waals surface area contributed by atoms with Crippen molar-refractivity contribution in [3.8, 4) is 21.1 Å². The summed E-state index contributed by atoms with van der Waals surface area (Å²) in [6.45, 7) is 2.23. The molecule has 0 aliphatic rings. The Morgan fingerprint density at radius 3 is 1.49 bits per heavy atom. The fourth-order valence-electron chi connectivity index (χ4n) is 6.83. The molecule has 0 fully saturated rings. The summed E-state index contributed by atoms with van der Waals surface area (Å²) in [7, 11) is 4.15. The lowest BCUT2D eigenvalue weighted by molar-refractivity contribution is -0.145. The number of rotatable bonds is 11. The Hall–Kier alpha value is -9.68. The number of amides is 1. The van der Waals surface area contributed by atoms with Crippen molar-refractivity contribution in [3.05, 3.63) is 125 Å². The molecule has 10 heterocycles. The lowest BCUT2D eigenvalue weighted by Crippen LogP contribution is -2.40. The van der Waals surface area contributed by atoms with Gasteiger partial charge in [0.05, 0.1) is 19.8 Å². The number of aryl methyl sites for hydroxylation is 4. The van der Waals surface area contributed by atoms with Gasteiger partial charge in [0.15, 0.2) is 34.0 Å². The number of anilines is 2. The summed E-state index contributed by atoms with van der Waals surface area (Å²) in [5, 5.41) is 13.7. The van der Waals surface area contributed by atoms with Crippen molar-refractivity contribution in [2.45, 2.75) is 52.4 Å². The molecule has 3 N–H and O–H groups in total. The molecule has 10 aromatic heterocycles. The number of hydrogen-bond acceptors (Lipinski definition) is 24. The van der Waals surface area contributed by atoms with Gasteiger partial charge >= 0.3 is 29.7 Å². The molecule has 29 nitrogen and oxygen atoms in total. The predicted molar refractivity (Wildman–Crippen MR) is 256 cm³/mol. The minimum absolute atomic E-state index is 0.000595. The van der Waals surface area contributed by atoms with Gasteiger partial charge in [0.2, 0.25) is 29.3 Å². The molecule has 0 spiro atoms. The molecule has 0 unspecified atom stereocenters. The highest BCUT2D eigenvalue weighted by atomic mass is 32.1. The Morgan fingerprint density at radius 2 is 1.09 bits per heavy atom. The van der Waals surface area contributed by atoms with Crippen LogP contribution in [-0.4, -0.2) is 107 Å². The number of fused-ring (bicyclic) bond motifs is 2. The second-order valence-corrected chi connectivity index (χ2v) is 17.6. The van der Waals surface area contributed by atoms with E-state index in [9.17, 15) is 55.1 Å².